The van der Waals surface area contributed by atoms with Crippen LogP contribution in [0.25, 0.3) is 0 Å². The lowest BCUT2D eigenvalue weighted by atomic mass is 10.2. The highest BCUT2D eigenvalue weighted by atomic mass is 16.5. The summed E-state index contributed by atoms with van der Waals surface area (Å²) in [6.45, 7) is 2.81. The molecule has 1 aliphatic heterocycles. The Morgan fingerprint density at radius 2 is 2.53 bits per heavy atom. The van der Waals surface area contributed by atoms with Crippen molar-refractivity contribution < 1.29 is 9.53 Å². The van der Waals surface area contributed by atoms with Crippen LogP contribution in [-0.4, -0.2) is 48.6 Å². The number of carbonyl (C=O) groups is 1. The molecule has 0 saturated carbocycles. The molecule has 92 valence electrons. The fourth-order valence-corrected chi connectivity index (χ4v) is 1.89. The molecule has 0 aliphatic carbocycles. The van der Waals surface area contributed by atoms with Crippen molar-refractivity contribution in [3.63, 3.8) is 0 Å². The van der Waals surface area contributed by atoms with Crippen LogP contribution in [0.4, 0.5) is 0 Å². The molecule has 0 spiro atoms. The second-order valence-corrected chi connectivity index (χ2v) is 4.03. The van der Waals surface area contributed by atoms with Gasteiger partial charge in [0.2, 0.25) is 5.91 Å². The second kappa shape index (κ2) is 5.75. The van der Waals surface area contributed by atoms with Crippen LogP contribution in [0.5, 0.6) is 0 Å². The van der Waals surface area contributed by atoms with Crippen molar-refractivity contribution in [1.29, 1.82) is 0 Å². The molecule has 1 amide bonds. The maximum absolute atomic E-state index is 11.5. The van der Waals surface area contributed by atoms with Gasteiger partial charge in [0, 0.05) is 32.9 Å². The molecule has 0 aromatic carbocycles. The molecule has 1 aliphatic rings. The van der Waals surface area contributed by atoms with Crippen molar-refractivity contribution in [2.45, 2.75) is 12.6 Å². The molecular formula is C12H17N3O2. The lowest BCUT2D eigenvalue weighted by molar-refractivity contribution is -0.138. The Balaban J connectivity index is 1.92. The summed E-state index contributed by atoms with van der Waals surface area (Å²) in [6.07, 6.45) is 1.42. The molecule has 2 rings (SSSR count). The van der Waals surface area contributed by atoms with E-state index < -0.39 is 0 Å². The summed E-state index contributed by atoms with van der Waals surface area (Å²) in [5.74, 6) is -0.0595. The zero-order chi connectivity index (χ0) is 12.1. The number of hydrogen-bond donors (Lipinski definition) is 1. The lowest BCUT2D eigenvalue weighted by Gasteiger charge is -2.31. The van der Waals surface area contributed by atoms with Gasteiger partial charge < -0.3 is 10.1 Å². The van der Waals surface area contributed by atoms with E-state index in [0.29, 0.717) is 13.2 Å². The molecular weight excluding hydrogens is 218 g/mol. The summed E-state index contributed by atoms with van der Waals surface area (Å²) in [5, 5.41) is 2.61. The van der Waals surface area contributed by atoms with Crippen molar-refractivity contribution in [3.8, 4) is 0 Å². The van der Waals surface area contributed by atoms with E-state index >= 15 is 0 Å². The van der Waals surface area contributed by atoms with E-state index in [4.69, 9.17) is 4.74 Å². The fraction of sp³-hybridized carbons (Fsp3) is 0.500. The molecule has 1 atom stereocenters. The number of carbonyl (C=O) groups excluding carboxylic acids is 1. The first-order valence-corrected chi connectivity index (χ1v) is 5.75. The first-order valence-electron chi connectivity index (χ1n) is 5.75. The monoisotopic (exact) mass is 235 g/mol. The van der Waals surface area contributed by atoms with Gasteiger partial charge in [-0.05, 0) is 12.1 Å². The Morgan fingerprint density at radius 3 is 3.24 bits per heavy atom. The van der Waals surface area contributed by atoms with E-state index in [1.807, 2.05) is 18.2 Å². The fourth-order valence-electron chi connectivity index (χ4n) is 1.89. The second-order valence-electron chi connectivity index (χ2n) is 4.03. The minimum absolute atomic E-state index is 0.0595. The minimum Gasteiger partial charge on any atom is -0.366 e. The predicted molar refractivity (Wildman–Crippen MR) is 63.3 cm³/mol. The molecule has 5 nitrogen and oxygen atoms in total. The van der Waals surface area contributed by atoms with Gasteiger partial charge in [-0.15, -0.1) is 0 Å². The van der Waals surface area contributed by atoms with E-state index in [1.54, 1.807) is 13.2 Å². The van der Waals surface area contributed by atoms with Gasteiger partial charge >= 0.3 is 0 Å². The van der Waals surface area contributed by atoms with Gasteiger partial charge in [0.15, 0.2) is 0 Å². The van der Waals surface area contributed by atoms with Crippen LogP contribution in [0.3, 0.4) is 0 Å². The lowest BCUT2D eigenvalue weighted by Crippen LogP contribution is -2.48. The van der Waals surface area contributed by atoms with Crippen LogP contribution >= 0.6 is 0 Å². The van der Waals surface area contributed by atoms with Gasteiger partial charge in [-0.25, -0.2) is 0 Å². The Morgan fingerprint density at radius 1 is 1.65 bits per heavy atom. The molecule has 1 aromatic heterocycles. The van der Waals surface area contributed by atoms with E-state index in [-0.39, 0.29) is 12.0 Å². The highest BCUT2D eigenvalue weighted by molar-refractivity contribution is 5.80. The average molecular weight is 235 g/mol. The van der Waals surface area contributed by atoms with E-state index in [1.165, 1.54) is 0 Å². The molecule has 0 radical (unpaired) electrons. The third kappa shape index (κ3) is 3.25. The van der Waals surface area contributed by atoms with Crippen LogP contribution < -0.4 is 5.32 Å². The number of amides is 1. The number of morpholine rings is 1. The topological polar surface area (TPSA) is 54.5 Å². The number of nitrogens with zero attached hydrogens (tertiary/aromatic N) is 2. The van der Waals surface area contributed by atoms with E-state index in [2.05, 4.69) is 15.2 Å². The summed E-state index contributed by atoms with van der Waals surface area (Å²) >= 11 is 0. The highest BCUT2D eigenvalue weighted by Crippen LogP contribution is 2.08. The van der Waals surface area contributed by atoms with Crippen LogP contribution in [0, 0.1) is 0 Å². The van der Waals surface area contributed by atoms with Crippen LogP contribution in [-0.2, 0) is 16.1 Å². The molecule has 1 N–H and O–H groups in total. The van der Waals surface area contributed by atoms with Gasteiger partial charge in [0.25, 0.3) is 0 Å². The Bertz CT molecular complexity index is 369. The van der Waals surface area contributed by atoms with Crippen molar-refractivity contribution >= 4 is 5.91 Å². The quantitative estimate of drug-likeness (QED) is 0.803. The molecule has 1 aromatic rings. The summed E-state index contributed by atoms with van der Waals surface area (Å²) < 4.78 is 5.42. The molecule has 1 saturated heterocycles. The minimum atomic E-state index is -0.363. The summed E-state index contributed by atoms with van der Waals surface area (Å²) in [5.41, 5.74) is 1.02. The molecule has 0 bridgehead atoms. The number of hydrogen-bond acceptors (Lipinski definition) is 4. The molecule has 2 heterocycles. The zero-order valence-corrected chi connectivity index (χ0v) is 9.93. The van der Waals surface area contributed by atoms with Crippen molar-refractivity contribution in [2.24, 2.45) is 0 Å². The van der Waals surface area contributed by atoms with E-state index in [0.717, 1.165) is 18.8 Å². The van der Waals surface area contributed by atoms with Crippen LogP contribution in [0.2, 0.25) is 0 Å². The summed E-state index contributed by atoms with van der Waals surface area (Å²) in [4.78, 5) is 18.0. The first-order chi connectivity index (χ1) is 8.29. The average Bonchev–Trinajstić information content (AvgIpc) is 2.39. The van der Waals surface area contributed by atoms with Crippen molar-refractivity contribution in [3.05, 3.63) is 30.1 Å². The number of rotatable bonds is 3. The van der Waals surface area contributed by atoms with E-state index in [9.17, 15) is 4.79 Å². The van der Waals surface area contributed by atoms with Crippen LogP contribution in [0.1, 0.15) is 5.69 Å². The van der Waals surface area contributed by atoms with Crippen molar-refractivity contribution in [2.75, 3.05) is 26.7 Å². The van der Waals surface area contributed by atoms with Crippen molar-refractivity contribution in [1.82, 2.24) is 15.2 Å². The molecule has 5 heteroatoms. The zero-order valence-electron chi connectivity index (χ0n) is 9.93. The van der Waals surface area contributed by atoms with Crippen LogP contribution in [0.15, 0.2) is 24.4 Å². The third-order valence-electron chi connectivity index (χ3n) is 2.80. The molecule has 1 fully saturated rings. The highest BCUT2D eigenvalue weighted by Gasteiger charge is 2.25. The normalized spacial score (nSPS) is 21.1. The summed E-state index contributed by atoms with van der Waals surface area (Å²) in [6, 6.07) is 5.86. The first kappa shape index (κ1) is 12.0. The Labute approximate surface area is 101 Å². The van der Waals surface area contributed by atoms with Gasteiger partial charge in [-0.2, -0.15) is 0 Å². The number of pyridine rings is 1. The molecule has 0 unspecified atom stereocenters. The number of aromatic nitrogens is 1. The Hall–Kier alpha value is -1.46. The van der Waals surface area contributed by atoms with Gasteiger partial charge in [0.05, 0.1) is 12.3 Å². The third-order valence-corrected chi connectivity index (χ3v) is 2.80. The van der Waals surface area contributed by atoms with Gasteiger partial charge in [-0.3, -0.25) is 14.7 Å². The largest absolute Gasteiger partial charge is 0.366 e. The maximum Gasteiger partial charge on any atom is 0.250 e. The number of ether oxygens (including phenoxy) is 1. The predicted octanol–water partition coefficient (Wildman–Crippen LogP) is 0.0284. The van der Waals surface area contributed by atoms with Gasteiger partial charge in [-0.1, -0.05) is 6.07 Å². The molecule has 17 heavy (non-hydrogen) atoms. The Kier molecular flexibility index (Phi) is 4.06. The maximum atomic E-state index is 11.5. The number of nitrogens with one attached hydrogen (secondary N) is 1. The number of likely N-dealkylation sites (N-methyl/N-ethyl adjacent to an activating group) is 1. The smallest absolute Gasteiger partial charge is 0.250 e. The SMILES string of the molecule is CNC(=O)[C@@H]1CN(Cc2ccccn2)CCO1. The van der Waals surface area contributed by atoms with Gasteiger partial charge in [0.1, 0.15) is 6.10 Å². The summed E-state index contributed by atoms with van der Waals surface area (Å²) in [7, 11) is 1.63. The standard InChI is InChI=1S/C12H17N3O2/c1-13-12(16)11-9-15(6-7-17-11)8-10-4-2-3-5-14-10/h2-5,11H,6-9H2,1H3,(H,13,16)/t11-/m0/s1.